The van der Waals surface area contributed by atoms with Gasteiger partial charge in [-0.05, 0) is 38.4 Å². The van der Waals surface area contributed by atoms with Gasteiger partial charge in [-0.1, -0.05) is 18.0 Å². The molecule has 0 bridgehead atoms. The molecule has 1 aliphatic rings. The Kier molecular flexibility index (Phi) is 3.27. The van der Waals surface area contributed by atoms with E-state index in [2.05, 4.69) is 23.0 Å². The molecule has 3 nitrogen and oxygen atoms in total. The first kappa shape index (κ1) is 12.0. The predicted octanol–water partition coefficient (Wildman–Crippen LogP) is 3.36. The van der Waals surface area contributed by atoms with Crippen molar-refractivity contribution in [1.29, 1.82) is 0 Å². The van der Waals surface area contributed by atoms with Crippen LogP contribution in [-0.4, -0.2) is 26.9 Å². The molecule has 1 saturated heterocycles. The molecule has 3 heterocycles. The Bertz CT molecular complexity index is 549. The van der Waals surface area contributed by atoms with E-state index in [0.29, 0.717) is 6.04 Å². The van der Waals surface area contributed by atoms with E-state index < -0.39 is 0 Å². The maximum absolute atomic E-state index is 5.98. The fourth-order valence-electron chi connectivity index (χ4n) is 2.69. The summed E-state index contributed by atoms with van der Waals surface area (Å²) < 4.78 is 2.01. The van der Waals surface area contributed by atoms with Crippen LogP contribution in [0, 0.1) is 0 Å². The van der Waals surface area contributed by atoms with Gasteiger partial charge >= 0.3 is 0 Å². The zero-order chi connectivity index (χ0) is 12.5. The van der Waals surface area contributed by atoms with Crippen molar-refractivity contribution in [1.82, 2.24) is 14.3 Å². The van der Waals surface area contributed by atoms with Gasteiger partial charge in [-0.2, -0.15) is 0 Å². The quantitative estimate of drug-likeness (QED) is 0.828. The summed E-state index contributed by atoms with van der Waals surface area (Å²) in [7, 11) is 0. The molecule has 0 N–H and O–H groups in total. The monoisotopic (exact) mass is 263 g/mol. The number of piperidine rings is 1. The minimum atomic E-state index is 0.673. The lowest BCUT2D eigenvalue weighted by Gasteiger charge is -2.32. The summed E-state index contributed by atoms with van der Waals surface area (Å²) in [6.45, 7) is 4.45. The molecule has 0 aromatic carbocycles. The van der Waals surface area contributed by atoms with Crippen LogP contribution in [0.3, 0.4) is 0 Å². The third kappa shape index (κ3) is 2.38. The largest absolute Gasteiger partial charge is 0.305 e. The van der Waals surface area contributed by atoms with Gasteiger partial charge in [0, 0.05) is 25.0 Å². The Balaban J connectivity index is 1.81. The van der Waals surface area contributed by atoms with Crippen LogP contribution in [0.15, 0.2) is 24.5 Å². The van der Waals surface area contributed by atoms with Crippen LogP contribution in [-0.2, 0) is 6.54 Å². The van der Waals surface area contributed by atoms with Crippen molar-refractivity contribution in [2.75, 3.05) is 6.54 Å². The van der Waals surface area contributed by atoms with E-state index in [-0.39, 0.29) is 0 Å². The number of aromatic nitrogens is 2. The van der Waals surface area contributed by atoms with E-state index in [9.17, 15) is 0 Å². The Morgan fingerprint density at radius 3 is 3.06 bits per heavy atom. The van der Waals surface area contributed by atoms with E-state index >= 15 is 0 Å². The highest BCUT2D eigenvalue weighted by molar-refractivity contribution is 6.30. The van der Waals surface area contributed by atoms with Crippen LogP contribution < -0.4 is 0 Å². The summed E-state index contributed by atoms with van der Waals surface area (Å²) >= 11 is 5.98. The normalized spacial score (nSPS) is 21.6. The van der Waals surface area contributed by atoms with Gasteiger partial charge in [0.25, 0.3) is 0 Å². The van der Waals surface area contributed by atoms with Crippen molar-refractivity contribution >= 4 is 17.2 Å². The molecule has 0 spiro atoms. The van der Waals surface area contributed by atoms with E-state index in [0.717, 1.165) is 22.9 Å². The zero-order valence-corrected chi connectivity index (χ0v) is 11.4. The van der Waals surface area contributed by atoms with Crippen molar-refractivity contribution in [3.05, 3.63) is 35.2 Å². The molecule has 1 aliphatic heterocycles. The second kappa shape index (κ2) is 4.90. The van der Waals surface area contributed by atoms with E-state index in [1.54, 1.807) is 0 Å². The Morgan fingerprint density at radius 1 is 1.33 bits per heavy atom. The molecule has 0 amide bonds. The van der Waals surface area contributed by atoms with Gasteiger partial charge in [-0.3, -0.25) is 4.90 Å². The van der Waals surface area contributed by atoms with Gasteiger partial charge < -0.3 is 4.40 Å². The molecule has 18 heavy (non-hydrogen) atoms. The fraction of sp³-hybridized carbons (Fsp3) is 0.500. The summed E-state index contributed by atoms with van der Waals surface area (Å²) in [6, 6.07) is 4.52. The van der Waals surface area contributed by atoms with Gasteiger partial charge in [0.1, 0.15) is 5.65 Å². The molecule has 2 aromatic rings. The molecular weight excluding hydrogens is 246 g/mol. The molecule has 2 aromatic heterocycles. The van der Waals surface area contributed by atoms with Gasteiger partial charge in [0.05, 0.1) is 10.7 Å². The van der Waals surface area contributed by atoms with E-state index in [1.807, 2.05) is 22.7 Å². The van der Waals surface area contributed by atoms with Crippen LogP contribution in [0.4, 0.5) is 0 Å². The third-order valence-corrected chi connectivity index (χ3v) is 3.99. The van der Waals surface area contributed by atoms with Crippen LogP contribution in [0.1, 0.15) is 31.9 Å². The molecule has 96 valence electrons. The van der Waals surface area contributed by atoms with E-state index in [1.165, 1.54) is 25.8 Å². The fourth-order valence-corrected chi connectivity index (χ4v) is 2.86. The lowest BCUT2D eigenvalue weighted by atomic mass is 10.0. The molecule has 0 saturated carbocycles. The van der Waals surface area contributed by atoms with Crippen molar-refractivity contribution < 1.29 is 0 Å². The lowest BCUT2D eigenvalue weighted by molar-refractivity contribution is 0.151. The van der Waals surface area contributed by atoms with E-state index in [4.69, 9.17) is 11.6 Å². The zero-order valence-electron chi connectivity index (χ0n) is 10.6. The van der Waals surface area contributed by atoms with Gasteiger partial charge in [-0.25, -0.2) is 4.98 Å². The van der Waals surface area contributed by atoms with Crippen LogP contribution in [0.2, 0.25) is 5.02 Å². The molecule has 0 radical (unpaired) electrons. The minimum absolute atomic E-state index is 0.673. The summed E-state index contributed by atoms with van der Waals surface area (Å²) in [5.41, 5.74) is 2.10. The van der Waals surface area contributed by atoms with Crippen molar-refractivity contribution in [3.63, 3.8) is 0 Å². The van der Waals surface area contributed by atoms with Gasteiger partial charge in [-0.15, -0.1) is 0 Å². The number of nitrogens with zero attached hydrogens (tertiary/aromatic N) is 3. The first-order valence-electron chi connectivity index (χ1n) is 6.59. The van der Waals surface area contributed by atoms with Gasteiger partial charge in [0.15, 0.2) is 0 Å². The Hall–Kier alpha value is -1.06. The number of pyridine rings is 1. The molecule has 4 heteroatoms. The summed E-state index contributed by atoms with van der Waals surface area (Å²) in [5, 5.41) is 0.748. The molecular formula is C14H18ClN3. The highest BCUT2D eigenvalue weighted by Crippen LogP contribution is 2.19. The second-order valence-electron chi connectivity index (χ2n) is 5.16. The molecule has 3 rings (SSSR count). The number of halogens is 1. The SMILES string of the molecule is CC1CCCCN1Cc1cn2cc(Cl)ccc2n1. The second-order valence-corrected chi connectivity index (χ2v) is 5.60. The molecule has 0 aliphatic carbocycles. The maximum atomic E-state index is 5.98. The Labute approximate surface area is 112 Å². The number of likely N-dealkylation sites (tertiary alicyclic amines) is 1. The number of hydrogen-bond acceptors (Lipinski definition) is 2. The standard InChI is InChI=1S/C14H18ClN3/c1-11-4-2-3-7-17(11)9-13-10-18-8-12(15)5-6-14(18)16-13/h5-6,8,10-11H,2-4,7,9H2,1H3. The third-order valence-electron chi connectivity index (χ3n) is 3.77. The minimum Gasteiger partial charge on any atom is -0.305 e. The topological polar surface area (TPSA) is 20.5 Å². The Morgan fingerprint density at radius 2 is 2.22 bits per heavy atom. The number of fused-ring (bicyclic) bond motifs is 1. The number of imidazole rings is 1. The van der Waals surface area contributed by atoms with Crippen molar-refractivity contribution in [2.24, 2.45) is 0 Å². The predicted molar refractivity (Wildman–Crippen MR) is 73.9 cm³/mol. The average molecular weight is 264 g/mol. The summed E-state index contributed by atoms with van der Waals surface area (Å²) in [5.74, 6) is 0. The molecule has 1 fully saturated rings. The summed E-state index contributed by atoms with van der Waals surface area (Å²) in [4.78, 5) is 7.17. The first-order valence-corrected chi connectivity index (χ1v) is 6.97. The number of rotatable bonds is 2. The molecule has 1 unspecified atom stereocenters. The van der Waals surface area contributed by atoms with Crippen molar-refractivity contribution in [3.8, 4) is 0 Å². The number of hydrogen-bond donors (Lipinski definition) is 0. The van der Waals surface area contributed by atoms with Crippen molar-refractivity contribution in [2.45, 2.75) is 38.8 Å². The highest BCUT2D eigenvalue weighted by Gasteiger charge is 2.19. The molecule has 1 atom stereocenters. The van der Waals surface area contributed by atoms with Crippen LogP contribution in [0.25, 0.3) is 5.65 Å². The maximum Gasteiger partial charge on any atom is 0.137 e. The average Bonchev–Trinajstić information content (AvgIpc) is 2.73. The van der Waals surface area contributed by atoms with Crippen LogP contribution in [0.5, 0.6) is 0 Å². The summed E-state index contributed by atoms with van der Waals surface area (Å²) in [6.07, 6.45) is 7.97. The first-order chi connectivity index (χ1) is 8.72. The van der Waals surface area contributed by atoms with Gasteiger partial charge in [0.2, 0.25) is 0 Å². The van der Waals surface area contributed by atoms with Crippen LogP contribution >= 0.6 is 11.6 Å². The highest BCUT2D eigenvalue weighted by atomic mass is 35.5. The smallest absolute Gasteiger partial charge is 0.137 e. The lowest BCUT2D eigenvalue weighted by Crippen LogP contribution is -2.36.